The summed E-state index contributed by atoms with van der Waals surface area (Å²) in [6.07, 6.45) is 3.09. The second-order valence-electron chi connectivity index (χ2n) is 6.09. The summed E-state index contributed by atoms with van der Waals surface area (Å²) in [5.74, 6) is -0.352. The molecule has 0 bridgehead atoms. The van der Waals surface area contributed by atoms with E-state index in [4.69, 9.17) is 4.74 Å². The third kappa shape index (κ3) is 4.15. The number of nitrogens with zero attached hydrogens (tertiary/aromatic N) is 1. The van der Waals surface area contributed by atoms with Crippen LogP contribution in [-0.2, 0) is 14.3 Å². The number of ether oxygens (including phenoxy) is 2. The van der Waals surface area contributed by atoms with Crippen molar-refractivity contribution in [1.82, 2.24) is 0 Å². The number of nitro groups is 1. The maximum Gasteiger partial charge on any atom is 0.330 e. The van der Waals surface area contributed by atoms with Gasteiger partial charge in [-0.2, -0.15) is 0 Å². The number of nitro benzene ring substituents is 1. The molecule has 0 spiro atoms. The summed E-state index contributed by atoms with van der Waals surface area (Å²) in [6.45, 7) is 0.421. The molecule has 1 fully saturated rings. The minimum atomic E-state index is -0.407. The van der Waals surface area contributed by atoms with E-state index in [0.29, 0.717) is 6.61 Å². The SMILES string of the molecule is COC(=O)C=C1CCC(c2ccc(-c3ccc([N+](=O)[O-])cc3)cc2)OC1. The van der Waals surface area contributed by atoms with Crippen molar-refractivity contribution in [3.8, 4) is 11.1 Å². The molecule has 1 aliphatic heterocycles. The summed E-state index contributed by atoms with van der Waals surface area (Å²) in [6, 6.07) is 14.5. The molecule has 1 saturated heterocycles. The first-order valence-electron chi connectivity index (χ1n) is 8.30. The maximum absolute atomic E-state index is 11.3. The van der Waals surface area contributed by atoms with Gasteiger partial charge in [-0.05, 0) is 47.2 Å². The van der Waals surface area contributed by atoms with Crippen LogP contribution in [0.4, 0.5) is 5.69 Å². The van der Waals surface area contributed by atoms with Gasteiger partial charge in [0.25, 0.3) is 5.69 Å². The van der Waals surface area contributed by atoms with Gasteiger partial charge in [0.1, 0.15) is 0 Å². The molecule has 1 unspecified atom stereocenters. The fourth-order valence-electron chi connectivity index (χ4n) is 2.95. The van der Waals surface area contributed by atoms with Crippen LogP contribution >= 0.6 is 0 Å². The molecule has 1 aliphatic rings. The van der Waals surface area contributed by atoms with Crippen LogP contribution in [0.15, 0.2) is 60.2 Å². The minimum absolute atomic E-state index is 0.00397. The third-order valence-corrected chi connectivity index (χ3v) is 4.41. The highest BCUT2D eigenvalue weighted by molar-refractivity contribution is 5.82. The van der Waals surface area contributed by atoms with Crippen LogP contribution in [0.3, 0.4) is 0 Å². The Labute approximate surface area is 151 Å². The molecule has 0 aliphatic carbocycles. The normalized spacial score (nSPS) is 18.5. The molecule has 6 nitrogen and oxygen atoms in total. The zero-order chi connectivity index (χ0) is 18.5. The van der Waals surface area contributed by atoms with Crippen LogP contribution in [0.25, 0.3) is 11.1 Å². The molecule has 0 aromatic heterocycles. The van der Waals surface area contributed by atoms with E-state index >= 15 is 0 Å². The monoisotopic (exact) mass is 353 g/mol. The Balaban J connectivity index is 1.66. The topological polar surface area (TPSA) is 78.7 Å². The van der Waals surface area contributed by atoms with Crippen molar-refractivity contribution in [2.24, 2.45) is 0 Å². The molecule has 0 N–H and O–H groups in total. The predicted molar refractivity (Wildman–Crippen MR) is 96.6 cm³/mol. The number of carbonyl (C=O) groups excluding carboxylic acids is 1. The Morgan fingerprint density at radius 1 is 1.15 bits per heavy atom. The quantitative estimate of drug-likeness (QED) is 0.356. The van der Waals surface area contributed by atoms with Gasteiger partial charge in [-0.1, -0.05) is 24.3 Å². The van der Waals surface area contributed by atoms with Crippen molar-refractivity contribution < 1.29 is 19.2 Å². The molecule has 1 heterocycles. The number of methoxy groups -OCH3 is 1. The van der Waals surface area contributed by atoms with Crippen molar-refractivity contribution in [2.45, 2.75) is 18.9 Å². The number of hydrogen-bond donors (Lipinski definition) is 0. The lowest BCUT2D eigenvalue weighted by Crippen LogP contribution is -2.15. The molecule has 2 aromatic carbocycles. The number of carbonyl (C=O) groups is 1. The molecule has 6 heteroatoms. The zero-order valence-electron chi connectivity index (χ0n) is 14.4. The zero-order valence-corrected chi connectivity index (χ0v) is 14.4. The summed E-state index contributed by atoms with van der Waals surface area (Å²) in [5, 5.41) is 10.7. The lowest BCUT2D eigenvalue weighted by Gasteiger charge is -2.25. The fourth-order valence-corrected chi connectivity index (χ4v) is 2.95. The molecule has 26 heavy (non-hydrogen) atoms. The summed E-state index contributed by atoms with van der Waals surface area (Å²) >= 11 is 0. The average molecular weight is 353 g/mol. The van der Waals surface area contributed by atoms with E-state index in [1.165, 1.54) is 25.3 Å². The number of hydrogen-bond acceptors (Lipinski definition) is 5. The standard InChI is InChI=1S/C20H19NO5/c1-25-20(22)12-14-2-11-19(26-13-14)17-5-3-15(4-6-17)16-7-9-18(10-8-16)21(23)24/h3-10,12,19H,2,11,13H2,1H3. The van der Waals surface area contributed by atoms with Gasteiger partial charge in [-0.15, -0.1) is 0 Å². The lowest BCUT2D eigenvalue weighted by atomic mass is 9.96. The van der Waals surface area contributed by atoms with Gasteiger partial charge in [0.2, 0.25) is 0 Å². The predicted octanol–water partition coefficient (Wildman–Crippen LogP) is 4.21. The molecule has 1 atom stereocenters. The van der Waals surface area contributed by atoms with E-state index in [2.05, 4.69) is 4.74 Å². The Morgan fingerprint density at radius 2 is 1.77 bits per heavy atom. The van der Waals surface area contributed by atoms with Crippen LogP contribution in [-0.4, -0.2) is 24.6 Å². The van der Waals surface area contributed by atoms with E-state index < -0.39 is 4.92 Å². The van der Waals surface area contributed by atoms with Gasteiger partial charge in [-0.3, -0.25) is 10.1 Å². The van der Waals surface area contributed by atoms with Crippen LogP contribution < -0.4 is 0 Å². The number of esters is 1. The highest BCUT2D eigenvalue weighted by Crippen LogP contribution is 2.32. The Hall–Kier alpha value is -2.99. The molecule has 0 radical (unpaired) electrons. The van der Waals surface area contributed by atoms with Crippen molar-refractivity contribution in [3.63, 3.8) is 0 Å². The van der Waals surface area contributed by atoms with Crippen molar-refractivity contribution in [2.75, 3.05) is 13.7 Å². The van der Waals surface area contributed by atoms with E-state index in [-0.39, 0.29) is 17.8 Å². The van der Waals surface area contributed by atoms with Gasteiger partial charge >= 0.3 is 5.97 Å². The molecule has 0 saturated carbocycles. The van der Waals surface area contributed by atoms with Crippen molar-refractivity contribution >= 4 is 11.7 Å². The summed E-state index contributed by atoms with van der Waals surface area (Å²) in [5.41, 5.74) is 4.01. The molecular formula is C20H19NO5. The first-order chi connectivity index (χ1) is 12.6. The first kappa shape index (κ1) is 17.8. The van der Waals surface area contributed by atoms with Gasteiger partial charge in [0, 0.05) is 18.2 Å². The number of non-ortho nitro benzene ring substituents is 1. The average Bonchev–Trinajstić information content (AvgIpc) is 2.68. The highest BCUT2D eigenvalue weighted by atomic mass is 16.6. The van der Waals surface area contributed by atoms with E-state index in [1.807, 2.05) is 24.3 Å². The van der Waals surface area contributed by atoms with Crippen LogP contribution in [0.5, 0.6) is 0 Å². The molecule has 134 valence electrons. The summed E-state index contributed by atoms with van der Waals surface area (Å²) < 4.78 is 10.5. The van der Waals surface area contributed by atoms with Crippen LogP contribution in [0, 0.1) is 10.1 Å². The van der Waals surface area contributed by atoms with Crippen LogP contribution in [0.1, 0.15) is 24.5 Å². The van der Waals surface area contributed by atoms with Gasteiger partial charge in [-0.25, -0.2) is 4.79 Å². The largest absolute Gasteiger partial charge is 0.466 e. The van der Waals surface area contributed by atoms with E-state index in [9.17, 15) is 14.9 Å². The second kappa shape index (κ2) is 7.93. The molecule has 0 amide bonds. The minimum Gasteiger partial charge on any atom is -0.466 e. The maximum atomic E-state index is 11.3. The Kier molecular flexibility index (Phi) is 5.43. The van der Waals surface area contributed by atoms with Crippen LogP contribution in [0.2, 0.25) is 0 Å². The summed E-state index contributed by atoms with van der Waals surface area (Å²) in [7, 11) is 1.36. The molecular weight excluding hydrogens is 334 g/mol. The third-order valence-electron chi connectivity index (χ3n) is 4.41. The Bertz CT molecular complexity index is 814. The number of benzene rings is 2. The van der Waals surface area contributed by atoms with Gasteiger partial charge in [0.15, 0.2) is 0 Å². The van der Waals surface area contributed by atoms with Gasteiger partial charge < -0.3 is 9.47 Å². The van der Waals surface area contributed by atoms with Crippen molar-refractivity contribution in [1.29, 1.82) is 0 Å². The van der Waals surface area contributed by atoms with E-state index in [0.717, 1.165) is 35.1 Å². The fraction of sp³-hybridized carbons (Fsp3) is 0.250. The van der Waals surface area contributed by atoms with Gasteiger partial charge in [0.05, 0.1) is 24.7 Å². The van der Waals surface area contributed by atoms with E-state index in [1.54, 1.807) is 12.1 Å². The number of rotatable bonds is 4. The van der Waals surface area contributed by atoms with Crippen molar-refractivity contribution in [3.05, 3.63) is 75.9 Å². The smallest absolute Gasteiger partial charge is 0.330 e. The Morgan fingerprint density at radius 3 is 2.27 bits per heavy atom. The first-order valence-corrected chi connectivity index (χ1v) is 8.30. The lowest BCUT2D eigenvalue weighted by molar-refractivity contribution is -0.384. The summed E-state index contributed by atoms with van der Waals surface area (Å²) in [4.78, 5) is 21.6. The highest BCUT2D eigenvalue weighted by Gasteiger charge is 2.19. The second-order valence-corrected chi connectivity index (χ2v) is 6.09. The molecule has 3 rings (SSSR count). The molecule has 2 aromatic rings.